The van der Waals surface area contributed by atoms with Gasteiger partial charge in [0.15, 0.2) is 5.58 Å². The van der Waals surface area contributed by atoms with E-state index in [0.29, 0.717) is 42.0 Å². The van der Waals surface area contributed by atoms with Crippen LogP contribution in [0.25, 0.3) is 11.1 Å². The summed E-state index contributed by atoms with van der Waals surface area (Å²) < 4.78 is 6.56. The Kier molecular flexibility index (Phi) is 5.13. The van der Waals surface area contributed by atoms with Gasteiger partial charge in [-0.05, 0) is 43.7 Å². The van der Waals surface area contributed by atoms with Gasteiger partial charge in [0.1, 0.15) is 5.41 Å². The standard InChI is InChI=1S/C21H23N5O4/c1-25-15-7-6-14(11-16(15)30-20(25)29)24-18(27)12-26-10-4-8-21(13-26,19(22)28)17-5-2-3-9-23-17/h2-3,5-7,9,11H,4,8,10,12-13H2,1H3,(H2,22,28)(H,24,27). The molecule has 1 aromatic carbocycles. The number of likely N-dealkylation sites (tertiary alicyclic amines) is 1. The predicted octanol–water partition coefficient (Wildman–Crippen LogP) is 0.984. The number of hydrogen-bond donors (Lipinski definition) is 2. The highest BCUT2D eigenvalue weighted by atomic mass is 16.4. The quantitative estimate of drug-likeness (QED) is 0.648. The third-order valence-electron chi connectivity index (χ3n) is 5.64. The van der Waals surface area contributed by atoms with Crippen LogP contribution in [0.3, 0.4) is 0 Å². The number of piperidine rings is 1. The molecule has 1 aliphatic rings. The van der Waals surface area contributed by atoms with Gasteiger partial charge in [-0.3, -0.25) is 24.0 Å². The third kappa shape index (κ3) is 3.59. The number of carbonyl (C=O) groups is 2. The summed E-state index contributed by atoms with van der Waals surface area (Å²) in [5.41, 5.74) is 7.08. The number of rotatable bonds is 5. The number of anilines is 1. The van der Waals surface area contributed by atoms with Crippen molar-refractivity contribution in [1.82, 2.24) is 14.5 Å². The molecule has 1 unspecified atom stereocenters. The molecule has 4 rings (SSSR count). The van der Waals surface area contributed by atoms with Crippen molar-refractivity contribution in [3.63, 3.8) is 0 Å². The van der Waals surface area contributed by atoms with Gasteiger partial charge >= 0.3 is 5.76 Å². The fraction of sp³-hybridized carbons (Fsp3) is 0.333. The van der Waals surface area contributed by atoms with E-state index in [1.807, 2.05) is 11.0 Å². The van der Waals surface area contributed by atoms with Crippen LogP contribution in [0, 0.1) is 0 Å². The zero-order chi connectivity index (χ0) is 21.3. The maximum absolute atomic E-state index is 12.6. The molecule has 1 fully saturated rings. The molecule has 3 N–H and O–H groups in total. The van der Waals surface area contributed by atoms with Crippen molar-refractivity contribution in [2.45, 2.75) is 18.3 Å². The largest absolute Gasteiger partial charge is 0.419 e. The summed E-state index contributed by atoms with van der Waals surface area (Å²) in [5, 5.41) is 2.82. The Morgan fingerprint density at radius 2 is 2.13 bits per heavy atom. The SMILES string of the molecule is Cn1c(=O)oc2cc(NC(=O)CN3CCCC(C(N)=O)(c4ccccn4)C3)ccc21. The van der Waals surface area contributed by atoms with Crippen LogP contribution in [0.2, 0.25) is 0 Å². The number of aromatic nitrogens is 2. The van der Waals surface area contributed by atoms with E-state index in [1.165, 1.54) is 4.57 Å². The van der Waals surface area contributed by atoms with Crippen molar-refractivity contribution >= 4 is 28.6 Å². The summed E-state index contributed by atoms with van der Waals surface area (Å²) in [6.07, 6.45) is 2.97. The lowest BCUT2D eigenvalue weighted by molar-refractivity contribution is -0.127. The highest BCUT2D eigenvalue weighted by Crippen LogP contribution is 2.32. The van der Waals surface area contributed by atoms with E-state index in [-0.39, 0.29) is 12.5 Å². The van der Waals surface area contributed by atoms with Crippen molar-refractivity contribution in [1.29, 1.82) is 0 Å². The fourth-order valence-corrected chi connectivity index (χ4v) is 4.08. The van der Waals surface area contributed by atoms with Crippen LogP contribution in [-0.4, -0.2) is 45.9 Å². The summed E-state index contributed by atoms with van der Waals surface area (Å²) in [7, 11) is 1.62. The number of pyridine rings is 1. The first-order chi connectivity index (χ1) is 14.4. The van der Waals surface area contributed by atoms with Gasteiger partial charge in [0.05, 0.1) is 17.8 Å². The average Bonchev–Trinajstić information content (AvgIpc) is 3.01. The Morgan fingerprint density at radius 3 is 2.87 bits per heavy atom. The number of hydrogen-bond acceptors (Lipinski definition) is 6. The number of oxazole rings is 1. The number of nitrogens with one attached hydrogen (secondary N) is 1. The molecular formula is C21H23N5O4. The van der Waals surface area contributed by atoms with E-state index in [0.717, 1.165) is 6.42 Å². The third-order valence-corrected chi connectivity index (χ3v) is 5.64. The van der Waals surface area contributed by atoms with Crippen molar-refractivity contribution in [2.24, 2.45) is 12.8 Å². The minimum Gasteiger partial charge on any atom is -0.408 e. The molecule has 0 spiro atoms. The number of carbonyl (C=O) groups excluding carboxylic acids is 2. The molecule has 156 valence electrons. The zero-order valence-electron chi connectivity index (χ0n) is 16.6. The van der Waals surface area contributed by atoms with E-state index in [1.54, 1.807) is 43.6 Å². The number of primary amides is 1. The lowest BCUT2D eigenvalue weighted by Crippen LogP contribution is -2.55. The van der Waals surface area contributed by atoms with Crippen LogP contribution < -0.4 is 16.8 Å². The molecule has 0 bridgehead atoms. The second-order valence-corrected chi connectivity index (χ2v) is 7.63. The molecule has 2 aromatic heterocycles. The van der Waals surface area contributed by atoms with Crippen molar-refractivity contribution < 1.29 is 14.0 Å². The molecule has 0 aliphatic carbocycles. The Balaban J connectivity index is 1.48. The second kappa shape index (κ2) is 7.75. The monoisotopic (exact) mass is 409 g/mol. The molecule has 30 heavy (non-hydrogen) atoms. The normalized spacial score (nSPS) is 19.6. The van der Waals surface area contributed by atoms with Crippen LogP contribution in [0.1, 0.15) is 18.5 Å². The highest BCUT2D eigenvalue weighted by Gasteiger charge is 2.43. The maximum Gasteiger partial charge on any atom is 0.419 e. The molecule has 2 amide bonds. The summed E-state index contributed by atoms with van der Waals surface area (Å²) in [4.78, 5) is 42.9. The van der Waals surface area contributed by atoms with E-state index in [9.17, 15) is 14.4 Å². The number of benzene rings is 1. The molecule has 9 heteroatoms. The topological polar surface area (TPSA) is 123 Å². The lowest BCUT2D eigenvalue weighted by atomic mass is 9.76. The Labute approximate surface area is 172 Å². The van der Waals surface area contributed by atoms with E-state index < -0.39 is 17.1 Å². The van der Waals surface area contributed by atoms with E-state index >= 15 is 0 Å². The zero-order valence-corrected chi connectivity index (χ0v) is 16.6. The van der Waals surface area contributed by atoms with Crippen molar-refractivity contribution in [2.75, 3.05) is 25.0 Å². The molecule has 1 atom stereocenters. The minimum absolute atomic E-state index is 0.110. The summed E-state index contributed by atoms with van der Waals surface area (Å²) >= 11 is 0. The Morgan fingerprint density at radius 1 is 1.30 bits per heavy atom. The molecule has 9 nitrogen and oxygen atoms in total. The average molecular weight is 409 g/mol. The highest BCUT2D eigenvalue weighted by molar-refractivity contribution is 5.94. The number of nitrogens with zero attached hydrogens (tertiary/aromatic N) is 3. The fourth-order valence-electron chi connectivity index (χ4n) is 4.08. The minimum atomic E-state index is -0.911. The molecule has 1 aliphatic heterocycles. The van der Waals surface area contributed by atoms with Crippen LogP contribution >= 0.6 is 0 Å². The first-order valence-corrected chi connectivity index (χ1v) is 9.72. The van der Waals surface area contributed by atoms with Gasteiger partial charge in [0.25, 0.3) is 0 Å². The van der Waals surface area contributed by atoms with E-state index in [4.69, 9.17) is 10.2 Å². The van der Waals surface area contributed by atoms with Crippen LogP contribution in [-0.2, 0) is 22.1 Å². The Hall–Kier alpha value is -3.46. The molecule has 3 heterocycles. The second-order valence-electron chi connectivity index (χ2n) is 7.63. The molecule has 1 saturated heterocycles. The van der Waals surface area contributed by atoms with Gasteiger partial charge in [-0.25, -0.2) is 4.79 Å². The van der Waals surface area contributed by atoms with E-state index in [2.05, 4.69) is 10.3 Å². The first kappa shape index (κ1) is 19.8. The smallest absolute Gasteiger partial charge is 0.408 e. The van der Waals surface area contributed by atoms with Gasteiger partial charge < -0.3 is 15.5 Å². The predicted molar refractivity (Wildman–Crippen MR) is 111 cm³/mol. The van der Waals surface area contributed by atoms with Gasteiger partial charge in [-0.15, -0.1) is 0 Å². The molecule has 3 aromatic rings. The number of aryl methyl sites for hydroxylation is 1. The van der Waals surface area contributed by atoms with Crippen molar-refractivity contribution in [3.8, 4) is 0 Å². The molecular weight excluding hydrogens is 386 g/mol. The number of fused-ring (bicyclic) bond motifs is 1. The van der Waals surface area contributed by atoms with Gasteiger partial charge in [0.2, 0.25) is 11.8 Å². The van der Waals surface area contributed by atoms with Crippen LogP contribution in [0.15, 0.2) is 51.8 Å². The van der Waals surface area contributed by atoms with Crippen molar-refractivity contribution in [3.05, 3.63) is 58.8 Å². The van der Waals surface area contributed by atoms with Gasteiger partial charge in [0, 0.05) is 31.5 Å². The summed E-state index contributed by atoms with van der Waals surface area (Å²) in [6.45, 7) is 1.12. The van der Waals surface area contributed by atoms with Crippen LogP contribution in [0.4, 0.5) is 5.69 Å². The summed E-state index contributed by atoms with van der Waals surface area (Å²) in [6, 6.07) is 10.5. The first-order valence-electron chi connectivity index (χ1n) is 9.72. The Bertz CT molecular complexity index is 1150. The number of nitrogens with two attached hydrogens (primary N) is 1. The van der Waals surface area contributed by atoms with Gasteiger partial charge in [-0.1, -0.05) is 6.07 Å². The molecule has 0 saturated carbocycles. The molecule has 0 radical (unpaired) electrons. The lowest BCUT2D eigenvalue weighted by Gasteiger charge is -2.40. The number of amides is 2. The summed E-state index contributed by atoms with van der Waals surface area (Å²) in [5.74, 6) is -1.12. The van der Waals surface area contributed by atoms with Gasteiger partial charge in [-0.2, -0.15) is 0 Å². The maximum atomic E-state index is 12.6. The van der Waals surface area contributed by atoms with Crippen LogP contribution in [0.5, 0.6) is 0 Å².